The number of unbranched alkanes of at least 4 members (excludes halogenated alkanes) is 3. The first-order chi connectivity index (χ1) is 9.27. The zero-order valence-electron chi connectivity index (χ0n) is 12.1. The van der Waals surface area contributed by atoms with E-state index in [1.54, 1.807) is 0 Å². The van der Waals surface area contributed by atoms with Gasteiger partial charge in [-0.25, -0.2) is 0 Å². The molecule has 0 aliphatic rings. The fourth-order valence-electron chi connectivity index (χ4n) is 1.85. The van der Waals surface area contributed by atoms with Crippen LogP contribution in [0.15, 0.2) is 24.3 Å². The van der Waals surface area contributed by atoms with Gasteiger partial charge in [-0.05, 0) is 38.4 Å². The predicted molar refractivity (Wildman–Crippen MR) is 85.6 cm³/mol. The van der Waals surface area contributed by atoms with Crippen LogP contribution >= 0.6 is 12.4 Å². The predicted octanol–water partition coefficient (Wildman–Crippen LogP) is 3.35. The minimum absolute atomic E-state index is 0. The zero-order chi connectivity index (χ0) is 13.9. The molecule has 4 nitrogen and oxygen atoms in total. The summed E-state index contributed by atoms with van der Waals surface area (Å²) in [7, 11) is 0. The van der Waals surface area contributed by atoms with Crippen molar-refractivity contribution in [2.45, 2.75) is 39.0 Å². The normalized spacial score (nSPS) is 9.70. The number of carbonyl (C=O) groups is 1. The second-order valence-electron chi connectivity index (χ2n) is 4.43. The number of nitrogens with two attached hydrogens (primary N) is 1. The summed E-state index contributed by atoms with van der Waals surface area (Å²) in [5.74, 6) is 0.765. The van der Waals surface area contributed by atoms with Crippen LogP contribution in [-0.2, 0) is 4.79 Å². The van der Waals surface area contributed by atoms with E-state index in [-0.39, 0.29) is 18.3 Å². The van der Waals surface area contributed by atoms with Crippen LogP contribution in [0, 0.1) is 0 Å². The van der Waals surface area contributed by atoms with E-state index in [0.717, 1.165) is 43.7 Å². The largest absolute Gasteiger partial charge is 0.492 e. The van der Waals surface area contributed by atoms with Crippen molar-refractivity contribution in [1.29, 1.82) is 0 Å². The summed E-state index contributed by atoms with van der Waals surface area (Å²) < 4.78 is 5.47. The number of carbonyl (C=O) groups excluding carboxylic acids is 1. The molecule has 0 aromatic heterocycles. The van der Waals surface area contributed by atoms with Gasteiger partial charge in [-0.2, -0.15) is 0 Å². The quantitative estimate of drug-likeness (QED) is 0.687. The van der Waals surface area contributed by atoms with Crippen molar-refractivity contribution in [2.75, 3.05) is 18.5 Å². The number of benzene rings is 1. The summed E-state index contributed by atoms with van der Waals surface area (Å²) in [6.45, 7) is 3.25. The van der Waals surface area contributed by atoms with Gasteiger partial charge in [0.15, 0.2) is 0 Å². The summed E-state index contributed by atoms with van der Waals surface area (Å²) >= 11 is 0. The Morgan fingerprint density at radius 1 is 1.20 bits per heavy atom. The molecule has 1 rings (SSSR count). The Morgan fingerprint density at radius 3 is 2.60 bits per heavy atom. The van der Waals surface area contributed by atoms with E-state index in [1.165, 1.54) is 0 Å². The molecule has 1 aromatic carbocycles. The maximum atomic E-state index is 11.8. The fourth-order valence-corrected chi connectivity index (χ4v) is 1.85. The molecular weight excluding hydrogens is 276 g/mol. The molecular formula is C15H25ClN2O2. The molecule has 0 saturated carbocycles. The number of para-hydroxylation sites is 2. The molecule has 5 heteroatoms. The molecule has 0 atom stereocenters. The summed E-state index contributed by atoms with van der Waals surface area (Å²) in [6.07, 6.45) is 4.64. The van der Waals surface area contributed by atoms with Crippen LogP contribution in [-0.4, -0.2) is 19.1 Å². The molecule has 0 unspecified atom stereocenters. The van der Waals surface area contributed by atoms with Crippen molar-refractivity contribution in [3.05, 3.63) is 24.3 Å². The number of anilines is 1. The van der Waals surface area contributed by atoms with Crippen molar-refractivity contribution < 1.29 is 9.53 Å². The van der Waals surface area contributed by atoms with E-state index in [1.807, 2.05) is 31.2 Å². The molecule has 1 aromatic rings. The highest BCUT2D eigenvalue weighted by molar-refractivity contribution is 5.92. The lowest BCUT2D eigenvalue weighted by atomic mass is 10.1. The molecule has 0 spiro atoms. The molecule has 0 radical (unpaired) electrons. The van der Waals surface area contributed by atoms with Crippen molar-refractivity contribution in [2.24, 2.45) is 5.73 Å². The number of amides is 1. The Labute approximate surface area is 127 Å². The SMILES string of the molecule is CCOc1ccccc1NC(=O)CCCCCCN.Cl. The Morgan fingerprint density at radius 2 is 1.90 bits per heavy atom. The van der Waals surface area contributed by atoms with E-state index in [0.29, 0.717) is 13.0 Å². The van der Waals surface area contributed by atoms with Crippen LogP contribution in [0.1, 0.15) is 39.0 Å². The summed E-state index contributed by atoms with van der Waals surface area (Å²) in [6, 6.07) is 7.50. The van der Waals surface area contributed by atoms with E-state index < -0.39 is 0 Å². The van der Waals surface area contributed by atoms with Crippen LogP contribution in [0.25, 0.3) is 0 Å². The third-order valence-corrected chi connectivity index (χ3v) is 2.82. The van der Waals surface area contributed by atoms with E-state index >= 15 is 0 Å². The minimum atomic E-state index is 0. The lowest BCUT2D eigenvalue weighted by Gasteiger charge is -2.11. The van der Waals surface area contributed by atoms with Gasteiger partial charge in [0.2, 0.25) is 5.91 Å². The van der Waals surface area contributed by atoms with Gasteiger partial charge in [-0.15, -0.1) is 12.4 Å². The zero-order valence-corrected chi connectivity index (χ0v) is 12.9. The number of hydrogen-bond donors (Lipinski definition) is 2. The molecule has 0 fully saturated rings. The molecule has 0 aliphatic heterocycles. The van der Waals surface area contributed by atoms with Gasteiger partial charge >= 0.3 is 0 Å². The van der Waals surface area contributed by atoms with Crippen LogP contribution in [0.4, 0.5) is 5.69 Å². The lowest BCUT2D eigenvalue weighted by molar-refractivity contribution is -0.116. The van der Waals surface area contributed by atoms with E-state index in [2.05, 4.69) is 5.32 Å². The lowest BCUT2D eigenvalue weighted by Crippen LogP contribution is -2.12. The molecule has 0 aliphatic carbocycles. The Bertz CT molecular complexity index is 386. The number of halogens is 1. The van der Waals surface area contributed by atoms with Gasteiger partial charge < -0.3 is 15.8 Å². The van der Waals surface area contributed by atoms with Gasteiger partial charge in [-0.1, -0.05) is 25.0 Å². The summed E-state index contributed by atoms with van der Waals surface area (Å²) in [4.78, 5) is 11.8. The Kier molecular flexibility index (Phi) is 10.8. The van der Waals surface area contributed by atoms with Gasteiger partial charge in [0.25, 0.3) is 0 Å². The number of rotatable bonds is 9. The molecule has 1 amide bonds. The third-order valence-electron chi connectivity index (χ3n) is 2.82. The first-order valence-electron chi connectivity index (χ1n) is 6.99. The highest BCUT2D eigenvalue weighted by atomic mass is 35.5. The topological polar surface area (TPSA) is 64.3 Å². The number of nitrogens with one attached hydrogen (secondary N) is 1. The Balaban J connectivity index is 0.00000361. The molecule has 114 valence electrons. The first-order valence-corrected chi connectivity index (χ1v) is 6.99. The first kappa shape index (κ1) is 18.7. The van der Waals surface area contributed by atoms with Crippen molar-refractivity contribution in [3.8, 4) is 5.75 Å². The molecule has 0 heterocycles. The van der Waals surface area contributed by atoms with Crippen molar-refractivity contribution in [1.82, 2.24) is 0 Å². The molecule has 0 bridgehead atoms. The average Bonchev–Trinajstić information content (AvgIpc) is 2.41. The average molecular weight is 301 g/mol. The maximum Gasteiger partial charge on any atom is 0.224 e. The molecule has 0 saturated heterocycles. The van der Waals surface area contributed by atoms with Gasteiger partial charge in [0, 0.05) is 6.42 Å². The molecule has 20 heavy (non-hydrogen) atoms. The minimum Gasteiger partial charge on any atom is -0.492 e. The summed E-state index contributed by atoms with van der Waals surface area (Å²) in [5, 5.41) is 2.90. The van der Waals surface area contributed by atoms with Crippen LogP contribution < -0.4 is 15.8 Å². The molecule has 3 N–H and O–H groups in total. The second-order valence-corrected chi connectivity index (χ2v) is 4.43. The van der Waals surface area contributed by atoms with Crippen molar-refractivity contribution >= 4 is 24.0 Å². The Hall–Kier alpha value is -1.26. The van der Waals surface area contributed by atoms with Gasteiger partial charge in [-0.3, -0.25) is 4.79 Å². The summed E-state index contributed by atoms with van der Waals surface area (Å²) in [5.41, 5.74) is 6.17. The maximum absolute atomic E-state index is 11.8. The van der Waals surface area contributed by atoms with Crippen molar-refractivity contribution in [3.63, 3.8) is 0 Å². The highest BCUT2D eigenvalue weighted by Crippen LogP contribution is 2.23. The van der Waals surface area contributed by atoms with E-state index in [9.17, 15) is 4.79 Å². The monoisotopic (exact) mass is 300 g/mol. The van der Waals surface area contributed by atoms with Gasteiger partial charge in [0.05, 0.1) is 12.3 Å². The number of ether oxygens (including phenoxy) is 1. The second kappa shape index (κ2) is 11.6. The van der Waals surface area contributed by atoms with Gasteiger partial charge in [0.1, 0.15) is 5.75 Å². The third kappa shape index (κ3) is 7.36. The standard InChI is InChI=1S/C15H24N2O2.ClH/c1-2-19-14-10-7-6-9-13(14)17-15(18)11-5-3-4-8-12-16;/h6-7,9-10H,2-5,8,11-12,16H2,1H3,(H,17,18);1H. The van der Waals surface area contributed by atoms with Crippen LogP contribution in [0.3, 0.4) is 0 Å². The van der Waals surface area contributed by atoms with Crippen LogP contribution in [0.2, 0.25) is 0 Å². The smallest absolute Gasteiger partial charge is 0.224 e. The van der Waals surface area contributed by atoms with Crippen LogP contribution in [0.5, 0.6) is 5.75 Å². The fraction of sp³-hybridized carbons (Fsp3) is 0.533. The highest BCUT2D eigenvalue weighted by Gasteiger charge is 2.06. The number of hydrogen-bond acceptors (Lipinski definition) is 3. The van der Waals surface area contributed by atoms with E-state index in [4.69, 9.17) is 10.5 Å².